The van der Waals surface area contributed by atoms with Gasteiger partial charge in [0.05, 0.1) is 20.8 Å². The fraction of sp³-hybridized carbons (Fsp3) is 0.375. The van der Waals surface area contributed by atoms with Crippen LogP contribution in [0.15, 0.2) is 24.4 Å². The summed E-state index contributed by atoms with van der Waals surface area (Å²) in [6.07, 6.45) is 1.78. The van der Waals surface area contributed by atoms with Crippen LogP contribution >= 0.6 is 11.3 Å². The molecule has 2 N–H and O–H groups in total. The average Bonchev–Trinajstić information content (AvgIpc) is 3.01. The van der Waals surface area contributed by atoms with Crippen LogP contribution in [0.5, 0.6) is 11.5 Å². The number of rotatable bonds is 6. The fourth-order valence-corrected chi connectivity index (χ4v) is 3.08. The van der Waals surface area contributed by atoms with E-state index in [-0.39, 0.29) is 6.54 Å². The molecular weight excluding hydrogens is 314 g/mol. The summed E-state index contributed by atoms with van der Waals surface area (Å²) in [6, 6.07) is 4.96. The van der Waals surface area contributed by atoms with E-state index in [1.165, 1.54) is 16.2 Å². The number of hydrogen-bond donors (Lipinski definition) is 1. The lowest BCUT2D eigenvalue weighted by molar-refractivity contribution is 0.253. The van der Waals surface area contributed by atoms with Gasteiger partial charge in [-0.15, -0.1) is 11.3 Å². The van der Waals surface area contributed by atoms with Crippen molar-refractivity contribution in [3.05, 3.63) is 34.8 Å². The number of nitrogens with two attached hydrogens (primary N) is 1. The molecule has 2 aromatic rings. The van der Waals surface area contributed by atoms with E-state index in [1.54, 1.807) is 26.5 Å². The van der Waals surface area contributed by atoms with E-state index in [4.69, 9.17) is 15.2 Å². The Balaban J connectivity index is 2.35. The van der Waals surface area contributed by atoms with Crippen LogP contribution in [0, 0.1) is 0 Å². The molecule has 0 unspecified atom stereocenters. The zero-order valence-electron chi connectivity index (χ0n) is 13.7. The molecule has 124 valence electrons. The first-order valence-corrected chi connectivity index (χ1v) is 8.02. The van der Waals surface area contributed by atoms with Gasteiger partial charge < -0.3 is 15.2 Å². The van der Waals surface area contributed by atoms with Gasteiger partial charge in [-0.05, 0) is 12.0 Å². The summed E-state index contributed by atoms with van der Waals surface area (Å²) in [5, 5.41) is 0.575. The monoisotopic (exact) mass is 335 g/mol. The first-order chi connectivity index (χ1) is 11.0. The number of urea groups is 1. The van der Waals surface area contributed by atoms with Gasteiger partial charge in [-0.1, -0.05) is 26.0 Å². The molecule has 1 aromatic heterocycles. The number of thiazole rings is 1. The van der Waals surface area contributed by atoms with Crippen LogP contribution in [0.2, 0.25) is 0 Å². The minimum absolute atomic E-state index is 0.265. The van der Waals surface area contributed by atoms with Crippen LogP contribution in [0.3, 0.4) is 0 Å². The Morgan fingerprint density at radius 2 is 2.09 bits per heavy atom. The smallest absolute Gasteiger partial charge is 0.321 e. The van der Waals surface area contributed by atoms with Crippen molar-refractivity contribution in [2.75, 3.05) is 19.1 Å². The molecule has 7 heteroatoms. The number of primary amides is 1. The highest BCUT2D eigenvalue weighted by Crippen LogP contribution is 2.34. The standard InChI is InChI=1S/C16H21N3O3S/c1-10(2)13-8-18-16(23-13)19(15(17)20)9-11-6-5-7-12(21-3)14(11)22-4/h5-8,10H,9H2,1-4H3,(H2,17,20). The van der Waals surface area contributed by atoms with Crippen molar-refractivity contribution in [2.24, 2.45) is 5.73 Å². The average molecular weight is 335 g/mol. The second-order valence-corrected chi connectivity index (χ2v) is 6.32. The molecule has 6 nitrogen and oxygen atoms in total. The van der Waals surface area contributed by atoms with Gasteiger partial charge >= 0.3 is 6.03 Å². The molecule has 1 aromatic carbocycles. The summed E-state index contributed by atoms with van der Waals surface area (Å²) >= 11 is 1.46. The summed E-state index contributed by atoms with van der Waals surface area (Å²) in [7, 11) is 3.14. The zero-order chi connectivity index (χ0) is 17.0. The molecule has 0 radical (unpaired) electrons. The normalized spacial score (nSPS) is 10.7. The van der Waals surface area contributed by atoms with E-state index >= 15 is 0 Å². The molecule has 1 heterocycles. The largest absolute Gasteiger partial charge is 0.493 e. The highest BCUT2D eigenvalue weighted by atomic mass is 32.1. The predicted molar refractivity (Wildman–Crippen MR) is 91.5 cm³/mol. The van der Waals surface area contributed by atoms with E-state index in [2.05, 4.69) is 18.8 Å². The number of methoxy groups -OCH3 is 2. The second kappa shape index (κ2) is 7.32. The number of amides is 2. The number of ether oxygens (including phenoxy) is 2. The van der Waals surface area contributed by atoms with Gasteiger partial charge in [-0.3, -0.25) is 4.90 Å². The number of carbonyl (C=O) groups excluding carboxylic acids is 1. The third-order valence-electron chi connectivity index (χ3n) is 3.39. The first kappa shape index (κ1) is 17.1. The zero-order valence-corrected chi connectivity index (χ0v) is 14.5. The highest BCUT2D eigenvalue weighted by Gasteiger charge is 2.20. The van der Waals surface area contributed by atoms with Crippen molar-refractivity contribution in [1.29, 1.82) is 0 Å². The van der Waals surface area contributed by atoms with Crippen molar-refractivity contribution < 1.29 is 14.3 Å². The topological polar surface area (TPSA) is 77.7 Å². The number of anilines is 1. The van der Waals surface area contributed by atoms with Gasteiger partial charge in [0.25, 0.3) is 0 Å². The van der Waals surface area contributed by atoms with E-state index < -0.39 is 6.03 Å². The summed E-state index contributed by atoms with van der Waals surface area (Å²) in [5.74, 6) is 1.54. The molecule has 0 fully saturated rings. The van der Waals surface area contributed by atoms with Crippen molar-refractivity contribution in [1.82, 2.24) is 4.98 Å². The molecule has 0 spiro atoms. The minimum Gasteiger partial charge on any atom is -0.493 e. The third kappa shape index (κ3) is 3.73. The van der Waals surface area contributed by atoms with Gasteiger partial charge in [0.1, 0.15) is 0 Å². The minimum atomic E-state index is -0.556. The van der Waals surface area contributed by atoms with E-state index in [0.29, 0.717) is 22.5 Å². The summed E-state index contributed by atoms with van der Waals surface area (Å²) in [6.45, 7) is 4.43. The Morgan fingerprint density at radius 3 is 2.61 bits per heavy atom. The molecule has 2 rings (SSSR count). The SMILES string of the molecule is COc1cccc(CN(C(N)=O)c2ncc(C(C)C)s2)c1OC. The molecule has 0 aliphatic heterocycles. The van der Waals surface area contributed by atoms with Crippen LogP contribution in [-0.4, -0.2) is 25.2 Å². The number of nitrogens with zero attached hydrogens (tertiary/aromatic N) is 2. The number of para-hydroxylation sites is 1. The van der Waals surface area contributed by atoms with E-state index in [1.807, 2.05) is 12.1 Å². The van der Waals surface area contributed by atoms with Gasteiger partial charge in [0, 0.05) is 16.6 Å². The van der Waals surface area contributed by atoms with Gasteiger partial charge in [-0.2, -0.15) is 0 Å². The van der Waals surface area contributed by atoms with Gasteiger partial charge in [0.2, 0.25) is 0 Å². The second-order valence-electron chi connectivity index (χ2n) is 5.28. The van der Waals surface area contributed by atoms with Gasteiger partial charge in [0.15, 0.2) is 16.6 Å². The van der Waals surface area contributed by atoms with Crippen molar-refractivity contribution in [3.8, 4) is 11.5 Å². The maximum Gasteiger partial charge on any atom is 0.321 e. The van der Waals surface area contributed by atoms with Gasteiger partial charge in [-0.25, -0.2) is 9.78 Å². The van der Waals surface area contributed by atoms with Crippen LogP contribution in [0.1, 0.15) is 30.2 Å². The van der Waals surface area contributed by atoms with E-state index in [9.17, 15) is 4.79 Å². The Hall–Kier alpha value is -2.28. The number of aromatic nitrogens is 1. The first-order valence-electron chi connectivity index (χ1n) is 7.20. The molecule has 0 atom stereocenters. The Kier molecular flexibility index (Phi) is 5.44. The molecule has 23 heavy (non-hydrogen) atoms. The number of carbonyl (C=O) groups is 1. The summed E-state index contributed by atoms with van der Waals surface area (Å²) in [5.41, 5.74) is 6.34. The van der Waals surface area contributed by atoms with Crippen molar-refractivity contribution in [2.45, 2.75) is 26.3 Å². The van der Waals surface area contributed by atoms with Crippen LogP contribution in [-0.2, 0) is 6.54 Å². The molecular formula is C16H21N3O3S. The van der Waals surface area contributed by atoms with E-state index in [0.717, 1.165) is 10.4 Å². The number of benzene rings is 1. The summed E-state index contributed by atoms with van der Waals surface area (Å²) in [4.78, 5) is 18.7. The van der Waals surface area contributed by atoms with Crippen molar-refractivity contribution in [3.63, 3.8) is 0 Å². The summed E-state index contributed by atoms with van der Waals surface area (Å²) < 4.78 is 10.7. The van der Waals surface area contributed by atoms with Crippen LogP contribution in [0.25, 0.3) is 0 Å². The quantitative estimate of drug-likeness (QED) is 0.878. The predicted octanol–water partition coefficient (Wildman–Crippen LogP) is 3.37. The maximum atomic E-state index is 11.9. The lowest BCUT2D eigenvalue weighted by Gasteiger charge is -2.20. The lowest BCUT2D eigenvalue weighted by Crippen LogP contribution is -2.35. The molecule has 0 aliphatic carbocycles. The highest BCUT2D eigenvalue weighted by molar-refractivity contribution is 7.15. The molecule has 2 amide bonds. The van der Waals surface area contributed by atoms with Crippen LogP contribution < -0.4 is 20.1 Å². The fourth-order valence-electron chi connectivity index (χ4n) is 2.16. The lowest BCUT2D eigenvalue weighted by atomic mass is 10.1. The molecule has 0 aliphatic rings. The van der Waals surface area contributed by atoms with Crippen LogP contribution in [0.4, 0.5) is 9.93 Å². The molecule has 0 saturated heterocycles. The number of hydrogen-bond acceptors (Lipinski definition) is 5. The van der Waals surface area contributed by atoms with Crippen molar-refractivity contribution >= 4 is 22.5 Å². The Morgan fingerprint density at radius 1 is 1.35 bits per heavy atom. The molecule has 0 saturated carbocycles. The Labute approximate surface area is 139 Å². The maximum absolute atomic E-state index is 11.9. The molecule has 0 bridgehead atoms. The third-order valence-corrected chi connectivity index (χ3v) is 4.71. The Bertz CT molecular complexity index is 685.